The largest absolute Gasteiger partial charge is 0.480 e. The predicted octanol–water partition coefficient (Wildman–Crippen LogP) is 4.34. The third kappa shape index (κ3) is 6.40. The van der Waals surface area contributed by atoms with Crippen molar-refractivity contribution in [2.45, 2.75) is 31.0 Å². The van der Waals surface area contributed by atoms with Gasteiger partial charge in [0, 0.05) is 18.9 Å². The van der Waals surface area contributed by atoms with E-state index in [1.165, 1.54) is 6.08 Å². The number of carbonyl (C=O) groups excluding carboxylic acids is 2. The van der Waals surface area contributed by atoms with Crippen LogP contribution in [-0.4, -0.2) is 59.9 Å². The normalized spacial score (nSPS) is 13.3. The van der Waals surface area contributed by atoms with Gasteiger partial charge < -0.3 is 20.1 Å². The Bertz CT molecular complexity index is 1060. The highest BCUT2D eigenvalue weighted by Crippen LogP contribution is 2.44. The molecule has 2 aromatic carbocycles. The van der Waals surface area contributed by atoms with Crippen LogP contribution in [0.2, 0.25) is 0 Å². The number of hydrogen-bond donors (Lipinski definition) is 2. The number of rotatable bonds is 10. The summed E-state index contributed by atoms with van der Waals surface area (Å²) in [4.78, 5) is 36.3. The van der Waals surface area contributed by atoms with Crippen LogP contribution in [0.15, 0.2) is 61.2 Å². The van der Waals surface area contributed by atoms with Gasteiger partial charge >= 0.3 is 18.2 Å². The topological polar surface area (TPSA) is 95.9 Å². The first-order chi connectivity index (χ1) is 16.6. The summed E-state index contributed by atoms with van der Waals surface area (Å²) in [5.74, 6) is -2.41. The zero-order chi connectivity index (χ0) is 25.6. The van der Waals surface area contributed by atoms with Crippen LogP contribution in [-0.2, 0) is 14.3 Å². The van der Waals surface area contributed by atoms with Crippen LogP contribution in [0.25, 0.3) is 11.1 Å². The molecule has 186 valence electrons. The van der Waals surface area contributed by atoms with E-state index in [0.717, 1.165) is 27.2 Å². The monoisotopic (exact) mass is 490 g/mol. The molecule has 0 heterocycles. The molecule has 0 saturated heterocycles. The second kappa shape index (κ2) is 11.1. The van der Waals surface area contributed by atoms with Crippen molar-refractivity contribution in [1.29, 1.82) is 0 Å². The van der Waals surface area contributed by atoms with Crippen molar-refractivity contribution in [2.24, 2.45) is 0 Å². The number of carbonyl (C=O) groups is 3. The fourth-order valence-electron chi connectivity index (χ4n) is 4.10. The summed E-state index contributed by atoms with van der Waals surface area (Å²) in [7, 11) is 0. The second-order valence-electron chi connectivity index (χ2n) is 8.06. The number of carboxylic acids is 1. The van der Waals surface area contributed by atoms with Crippen LogP contribution in [0, 0.1) is 0 Å². The van der Waals surface area contributed by atoms with Crippen molar-refractivity contribution in [3.8, 4) is 11.1 Å². The van der Waals surface area contributed by atoms with E-state index in [4.69, 9.17) is 9.84 Å². The Morgan fingerprint density at radius 1 is 1.09 bits per heavy atom. The quantitative estimate of drug-likeness (QED) is 0.483. The van der Waals surface area contributed by atoms with Gasteiger partial charge in [0.05, 0.1) is 0 Å². The van der Waals surface area contributed by atoms with E-state index in [1.807, 2.05) is 48.5 Å². The summed E-state index contributed by atoms with van der Waals surface area (Å²) >= 11 is 0. The molecule has 0 fully saturated rings. The number of hydrogen-bond acceptors (Lipinski definition) is 4. The maximum atomic E-state index is 13.5. The fourth-order valence-corrected chi connectivity index (χ4v) is 4.10. The molecule has 1 aliphatic carbocycles. The number of alkyl halides is 3. The number of alkyl carbamates (subject to hydrolysis) is 1. The molecule has 1 atom stereocenters. The number of amides is 2. The maximum Gasteiger partial charge on any atom is 0.408 e. The van der Waals surface area contributed by atoms with Crippen LogP contribution < -0.4 is 5.32 Å². The lowest BCUT2D eigenvalue weighted by Crippen LogP contribution is -2.46. The second-order valence-corrected chi connectivity index (χ2v) is 8.06. The lowest BCUT2D eigenvalue weighted by Gasteiger charge is -2.24. The van der Waals surface area contributed by atoms with Crippen molar-refractivity contribution in [2.75, 3.05) is 19.7 Å². The third-order valence-electron chi connectivity index (χ3n) is 5.71. The lowest BCUT2D eigenvalue weighted by molar-refractivity contribution is -0.158. The number of nitrogens with one attached hydrogen (secondary N) is 1. The van der Waals surface area contributed by atoms with Gasteiger partial charge in [0.1, 0.15) is 19.2 Å². The number of benzene rings is 2. The Kier molecular flexibility index (Phi) is 8.16. The van der Waals surface area contributed by atoms with Gasteiger partial charge in [-0.3, -0.25) is 9.59 Å². The minimum Gasteiger partial charge on any atom is -0.480 e. The number of ether oxygens (including phenoxy) is 1. The fraction of sp³-hybridized carbons (Fsp3) is 0.320. The van der Waals surface area contributed by atoms with E-state index in [9.17, 15) is 27.6 Å². The van der Waals surface area contributed by atoms with Crippen molar-refractivity contribution in [3.63, 3.8) is 0 Å². The van der Waals surface area contributed by atoms with E-state index >= 15 is 0 Å². The number of carboxylic acid groups (broad SMARTS) is 1. The van der Waals surface area contributed by atoms with Crippen LogP contribution in [0.1, 0.15) is 29.9 Å². The van der Waals surface area contributed by atoms with Crippen molar-refractivity contribution in [1.82, 2.24) is 10.2 Å². The number of nitrogens with zero attached hydrogens (tertiary/aromatic N) is 1. The van der Waals surface area contributed by atoms with Gasteiger partial charge in [0.2, 0.25) is 5.91 Å². The van der Waals surface area contributed by atoms with Gasteiger partial charge in [-0.05, 0) is 28.7 Å². The first kappa shape index (κ1) is 25.8. The van der Waals surface area contributed by atoms with Crippen molar-refractivity contribution >= 4 is 18.0 Å². The van der Waals surface area contributed by atoms with E-state index in [-0.39, 0.29) is 19.1 Å². The van der Waals surface area contributed by atoms with Crippen molar-refractivity contribution < 1.29 is 37.4 Å². The standard InChI is InChI=1S/C25H25F3N2O5/c1-2-13-30(14-23(32)33)22(31)12-11-21(25(26,27)28)29-24(34)35-15-20-18-9-5-3-7-16(18)17-8-4-6-10-19(17)20/h2-10,20-21H,1,11-15H2,(H,29,34)(H,32,33)/t21-/m0/s1. The predicted molar refractivity (Wildman–Crippen MR) is 122 cm³/mol. The van der Waals surface area contributed by atoms with Gasteiger partial charge in [0.15, 0.2) is 0 Å². The Labute approximate surface area is 200 Å². The maximum absolute atomic E-state index is 13.5. The highest BCUT2D eigenvalue weighted by molar-refractivity contribution is 5.81. The zero-order valence-electron chi connectivity index (χ0n) is 18.8. The molecule has 10 heteroatoms. The Balaban J connectivity index is 1.62. The van der Waals surface area contributed by atoms with Crippen LogP contribution >= 0.6 is 0 Å². The lowest BCUT2D eigenvalue weighted by atomic mass is 9.98. The molecule has 0 spiro atoms. The van der Waals surface area contributed by atoms with Crippen LogP contribution in [0.4, 0.5) is 18.0 Å². The van der Waals surface area contributed by atoms with Gasteiger partial charge in [-0.2, -0.15) is 13.2 Å². The van der Waals surface area contributed by atoms with E-state index < -0.39 is 49.6 Å². The molecule has 0 aromatic heterocycles. The summed E-state index contributed by atoms with van der Waals surface area (Å²) in [6.45, 7) is 2.46. The number of aliphatic carboxylic acids is 1. The molecule has 0 unspecified atom stereocenters. The molecule has 3 rings (SSSR count). The average molecular weight is 490 g/mol. The summed E-state index contributed by atoms with van der Waals surface area (Å²) < 4.78 is 45.7. The third-order valence-corrected chi connectivity index (χ3v) is 5.71. The van der Waals surface area contributed by atoms with E-state index in [2.05, 4.69) is 6.58 Å². The highest BCUT2D eigenvalue weighted by atomic mass is 19.4. The molecule has 2 N–H and O–H groups in total. The molecular weight excluding hydrogens is 465 g/mol. The van der Waals surface area contributed by atoms with Gasteiger partial charge in [-0.15, -0.1) is 6.58 Å². The molecule has 0 radical (unpaired) electrons. The highest BCUT2D eigenvalue weighted by Gasteiger charge is 2.41. The molecular formula is C25H25F3N2O5. The first-order valence-corrected chi connectivity index (χ1v) is 10.9. The molecule has 2 aromatic rings. The number of halogens is 3. The van der Waals surface area contributed by atoms with Crippen LogP contribution in [0.5, 0.6) is 0 Å². The minimum atomic E-state index is -4.83. The summed E-state index contributed by atoms with van der Waals surface area (Å²) in [6.07, 6.45) is -6.19. The van der Waals surface area contributed by atoms with Crippen molar-refractivity contribution in [3.05, 3.63) is 72.3 Å². The molecule has 0 bridgehead atoms. The van der Waals surface area contributed by atoms with E-state index in [1.54, 1.807) is 5.32 Å². The molecule has 2 amide bonds. The van der Waals surface area contributed by atoms with E-state index in [0.29, 0.717) is 0 Å². The Hall–Kier alpha value is -3.82. The molecule has 35 heavy (non-hydrogen) atoms. The van der Waals surface area contributed by atoms with Gasteiger partial charge in [-0.1, -0.05) is 54.6 Å². The SMILES string of the molecule is C=CCN(CC(=O)O)C(=O)CC[C@H](NC(=O)OCC1c2ccccc2-c2ccccc21)C(F)(F)F. The Morgan fingerprint density at radius 2 is 1.66 bits per heavy atom. The average Bonchev–Trinajstić information content (AvgIpc) is 3.12. The van der Waals surface area contributed by atoms with Gasteiger partial charge in [0.25, 0.3) is 0 Å². The number of fused-ring (bicyclic) bond motifs is 3. The Morgan fingerprint density at radius 3 is 2.17 bits per heavy atom. The summed E-state index contributed by atoms with van der Waals surface area (Å²) in [6, 6.07) is 12.8. The zero-order valence-corrected chi connectivity index (χ0v) is 18.8. The smallest absolute Gasteiger partial charge is 0.408 e. The van der Waals surface area contributed by atoms with Gasteiger partial charge in [-0.25, -0.2) is 4.79 Å². The summed E-state index contributed by atoms with van der Waals surface area (Å²) in [5.41, 5.74) is 3.80. The minimum absolute atomic E-state index is 0.123. The summed E-state index contributed by atoms with van der Waals surface area (Å²) in [5, 5.41) is 10.7. The molecule has 0 aliphatic heterocycles. The molecule has 0 saturated carbocycles. The first-order valence-electron chi connectivity index (χ1n) is 10.9. The van der Waals surface area contributed by atoms with Crippen LogP contribution in [0.3, 0.4) is 0 Å². The molecule has 1 aliphatic rings. The molecule has 7 nitrogen and oxygen atoms in total.